The first-order valence-electron chi connectivity index (χ1n) is 11.4. The molecule has 3 aromatic rings. The molecular weight excluding hydrogens is 452 g/mol. The molecule has 0 saturated carbocycles. The van der Waals surface area contributed by atoms with Crippen LogP contribution in [0.4, 0.5) is 14.5 Å². The van der Waals surface area contributed by atoms with Gasteiger partial charge >= 0.3 is 0 Å². The molecule has 0 bridgehead atoms. The van der Waals surface area contributed by atoms with E-state index in [9.17, 15) is 8.78 Å². The smallest absolute Gasteiger partial charge is 0.159 e. The number of rotatable bonds is 8. The van der Waals surface area contributed by atoms with Gasteiger partial charge in [0.1, 0.15) is 0 Å². The number of benzene rings is 3. The summed E-state index contributed by atoms with van der Waals surface area (Å²) in [7, 11) is 0. The molecule has 0 unspecified atom stereocenters. The van der Waals surface area contributed by atoms with Gasteiger partial charge in [0.2, 0.25) is 0 Å². The average Bonchev–Trinajstić information content (AvgIpc) is 2.87. The number of nitrogens with one attached hydrogen (secondary N) is 2. The van der Waals surface area contributed by atoms with Crippen molar-refractivity contribution in [2.75, 3.05) is 5.32 Å². The van der Waals surface area contributed by atoms with Gasteiger partial charge in [0.15, 0.2) is 11.6 Å². The van der Waals surface area contributed by atoms with Crippen molar-refractivity contribution in [2.24, 2.45) is 5.10 Å². The molecule has 0 amide bonds. The number of halogens is 2. The second kappa shape index (κ2) is 12.5. The number of anilines is 1. The van der Waals surface area contributed by atoms with Crippen molar-refractivity contribution in [3.63, 3.8) is 0 Å². The van der Waals surface area contributed by atoms with E-state index in [4.69, 9.17) is 0 Å². The summed E-state index contributed by atoms with van der Waals surface area (Å²) in [5.74, 6) is -1.75. The molecule has 0 aromatic heterocycles. The maximum Gasteiger partial charge on any atom is 0.159 e. The SMILES string of the molecule is C=C.C=NN/C(=C\C)c1cc(C)c(NC(=C)c2cc(-c3ccc(F)c(F)c3)ccc2C(=C)C)cc1C. The minimum Gasteiger partial charge on any atom is -0.355 e. The molecule has 2 N–H and O–H groups in total. The first-order valence-corrected chi connectivity index (χ1v) is 11.4. The zero-order chi connectivity index (χ0) is 27.0. The summed E-state index contributed by atoms with van der Waals surface area (Å²) >= 11 is 0. The van der Waals surface area contributed by atoms with Gasteiger partial charge in [0.05, 0.1) is 5.70 Å². The van der Waals surface area contributed by atoms with Gasteiger partial charge in [-0.05, 0) is 85.8 Å². The number of hydrazone groups is 1. The van der Waals surface area contributed by atoms with Gasteiger partial charge in [0.25, 0.3) is 0 Å². The first kappa shape index (κ1) is 28.0. The number of allylic oxidation sites excluding steroid dienone is 2. The molecule has 0 aliphatic rings. The normalized spacial score (nSPS) is 10.7. The highest BCUT2D eigenvalue weighted by atomic mass is 19.2. The molecule has 0 saturated heterocycles. The van der Waals surface area contributed by atoms with E-state index in [1.54, 1.807) is 6.07 Å². The van der Waals surface area contributed by atoms with Gasteiger partial charge in [-0.2, -0.15) is 5.10 Å². The molecule has 0 atom stereocenters. The molecule has 0 fully saturated rings. The van der Waals surface area contributed by atoms with Gasteiger partial charge < -0.3 is 5.32 Å². The topological polar surface area (TPSA) is 36.4 Å². The lowest BCUT2D eigenvalue weighted by Crippen LogP contribution is -2.07. The molecule has 3 aromatic carbocycles. The van der Waals surface area contributed by atoms with Crippen molar-refractivity contribution in [1.29, 1.82) is 0 Å². The summed E-state index contributed by atoms with van der Waals surface area (Å²) in [5, 5.41) is 7.22. The summed E-state index contributed by atoms with van der Waals surface area (Å²) < 4.78 is 27.3. The Morgan fingerprint density at radius 2 is 1.47 bits per heavy atom. The number of aryl methyl sites for hydroxylation is 2. The van der Waals surface area contributed by atoms with Gasteiger partial charge in [-0.1, -0.05) is 43.0 Å². The monoisotopic (exact) mass is 485 g/mol. The van der Waals surface area contributed by atoms with Crippen LogP contribution < -0.4 is 10.7 Å². The summed E-state index contributed by atoms with van der Waals surface area (Å²) in [5.41, 5.74) is 12.5. The third-order valence-electron chi connectivity index (χ3n) is 5.69. The Bertz CT molecular complexity index is 1340. The standard InChI is InChI=1S/C29H29F2N3.C2H4/c1-8-28(34-32-7)24-13-19(5)29(14-18(24)4)33-20(6)25-15-21(9-11-23(25)17(2)3)22-10-12-26(30)27(31)16-22;1-2/h8-16,33-34H,2,6-7H2,1,3-5H3;1-2H2/b28-8-;. The van der Waals surface area contributed by atoms with Crippen LogP contribution in [0.5, 0.6) is 0 Å². The largest absolute Gasteiger partial charge is 0.355 e. The van der Waals surface area contributed by atoms with E-state index in [0.29, 0.717) is 11.3 Å². The molecule has 3 nitrogen and oxygen atoms in total. The molecule has 0 aliphatic heterocycles. The van der Waals surface area contributed by atoms with E-state index in [1.165, 1.54) is 6.07 Å². The molecule has 5 heteroatoms. The lowest BCUT2D eigenvalue weighted by atomic mass is 9.94. The van der Waals surface area contributed by atoms with Crippen molar-refractivity contribution < 1.29 is 8.78 Å². The van der Waals surface area contributed by atoms with Crippen LogP contribution in [0.1, 0.15) is 41.7 Å². The molecule has 0 aliphatic carbocycles. The van der Waals surface area contributed by atoms with E-state index < -0.39 is 11.6 Å². The van der Waals surface area contributed by atoms with Crippen LogP contribution in [0.25, 0.3) is 28.1 Å². The third-order valence-corrected chi connectivity index (χ3v) is 5.69. The van der Waals surface area contributed by atoms with Crippen LogP contribution in [-0.2, 0) is 0 Å². The Hall–Kier alpha value is -4.25. The fourth-order valence-electron chi connectivity index (χ4n) is 3.86. The quantitative estimate of drug-likeness (QED) is 0.190. The highest BCUT2D eigenvalue weighted by molar-refractivity contribution is 5.86. The highest BCUT2D eigenvalue weighted by Crippen LogP contribution is 2.32. The van der Waals surface area contributed by atoms with Gasteiger partial charge in [-0.25, -0.2) is 8.78 Å². The molecule has 0 spiro atoms. The Morgan fingerprint density at radius 1 is 0.833 bits per heavy atom. The molecule has 0 heterocycles. The maximum absolute atomic E-state index is 13.8. The lowest BCUT2D eigenvalue weighted by molar-refractivity contribution is 0.509. The van der Waals surface area contributed by atoms with Gasteiger partial charge in [0, 0.05) is 29.2 Å². The fourth-order valence-corrected chi connectivity index (χ4v) is 3.86. The molecular formula is C31H33F2N3. The number of nitrogens with zero attached hydrogens (tertiary/aromatic N) is 1. The zero-order valence-corrected chi connectivity index (χ0v) is 21.4. The van der Waals surface area contributed by atoms with Crippen molar-refractivity contribution >= 4 is 29.4 Å². The predicted molar refractivity (Wildman–Crippen MR) is 153 cm³/mol. The Balaban J connectivity index is 0.00000222. The molecule has 186 valence electrons. The first-order chi connectivity index (χ1) is 17.2. The second-order valence-electron chi connectivity index (χ2n) is 8.23. The van der Waals surface area contributed by atoms with Crippen LogP contribution in [0.3, 0.4) is 0 Å². The van der Waals surface area contributed by atoms with Crippen molar-refractivity contribution in [2.45, 2.75) is 27.7 Å². The second-order valence-corrected chi connectivity index (χ2v) is 8.23. The summed E-state index contributed by atoms with van der Waals surface area (Å²) in [6, 6.07) is 13.7. The highest BCUT2D eigenvalue weighted by Gasteiger charge is 2.14. The van der Waals surface area contributed by atoms with E-state index >= 15 is 0 Å². The Labute approximate surface area is 213 Å². The molecule has 36 heavy (non-hydrogen) atoms. The number of hydrogen-bond acceptors (Lipinski definition) is 3. The van der Waals surface area contributed by atoms with Crippen LogP contribution in [0.2, 0.25) is 0 Å². The van der Waals surface area contributed by atoms with Crippen molar-refractivity contribution in [3.8, 4) is 11.1 Å². The van der Waals surface area contributed by atoms with Crippen molar-refractivity contribution in [1.82, 2.24) is 5.43 Å². The maximum atomic E-state index is 13.8. The average molecular weight is 486 g/mol. The zero-order valence-electron chi connectivity index (χ0n) is 21.4. The van der Waals surface area contributed by atoms with Crippen LogP contribution >= 0.6 is 0 Å². The fraction of sp³-hybridized carbons (Fsp3) is 0.129. The van der Waals surface area contributed by atoms with Crippen molar-refractivity contribution in [3.05, 3.63) is 120 Å². The van der Waals surface area contributed by atoms with Crippen LogP contribution in [0.15, 0.2) is 86.0 Å². The molecule has 3 rings (SSSR count). The third kappa shape index (κ3) is 6.25. The van der Waals surface area contributed by atoms with Crippen LogP contribution in [0, 0.1) is 25.5 Å². The summed E-state index contributed by atoms with van der Waals surface area (Å²) in [6.07, 6.45) is 1.95. The minimum absolute atomic E-state index is 0.583. The van der Waals surface area contributed by atoms with Crippen LogP contribution in [-0.4, -0.2) is 6.72 Å². The van der Waals surface area contributed by atoms with E-state index in [1.807, 2.05) is 52.0 Å². The molecule has 0 radical (unpaired) electrons. The lowest BCUT2D eigenvalue weighted by Gasteiger charge is -2.19. The van der Waals surface area contributed by atoms with Gasteiger partial charge in [-0.15, -0.1) is 13.2 Å². The predicted octanol–water partition coefficient (Wildman–Crippen LogP) is 8.73. The Morgan fingerprint density at radius 3 is 2.06 bits per heavy atom. The number of hydrogen-bond donors (Lipinski definition) is 2. The summed E-state index contributed by atoms with van der Waals surface area (Å²) in [6.45, 7) is 25.8. The Kier molecular flexibility index (Phi) is 9.68. The van der Waals surface area contributed by atoms with E-state index in [2.05, 4.69) is 61.0 Å². The van der Waals surface area contributed by atoms with E-state index in [0.717, 1.165) is 56.4 Å². The summed E-state index contributed by atoms with van der Waals surface area (Å²) in [4.78, 5) is 0. The van der Waals surface area contributed by atoms with Gasteiger partial charge in [-0.3, -0.25) is 5.43 Å². The van der Waals surface area contributed by atoms with E-state index in [-0.39, 0.29) is 0 Å². The minimum atomic E-state index is -0.882.